The van der Waals surface area contributed by atoms with E-state index >= 15 is 0 Å². The predicted molar refractivity (Wildman–Crippen MR) is 156 cm³/mol. The van der Waals surface area contributed by atoms with Crippen molar-refractivity contribution < 1.29 is 29.1 Å². The Bertz CT molecular complexity index is 1470. The Hall–Kier alpha value is -5.21. The molecule has 1 aromatic carbocycles. The number of carbonyl (C=O) groups excluding carboxylic acids is 4. The van der Waals surface area contributed by atoms with Crippen molar-refractivity contribution in [2.24, 2.45) is 5.92 Å². The highest BCUT2D eigenvalue weighted by Crippen LogP contribution is 2.31. The SMILES string of the molecule is CC[C@H](C)[C@H](NC(=O)Cc1ccccc1)C(=O)N[C@@H](CCC(=O)O)C(=O)N1c2ncccc2C[C@H]1C(=O)NCc1nn[nH]n1. The third kappa shape index (κ3) is 7.99. The Balaban J connectivity index is 1.55. The number of tetrazole rings is 1. The number of anilines is 1. The van der Waals surface area contributed by atoms with Gasteiger partial charge in [0, 0.05) is 19.0 Å². The van der Waals surface area contributed by atoms with Gasteiger partial charge in [-0.1, -0.05) is 61.9 Å². The molecule has 0 radical (unpaired) electrons. The van der Waals surface area contributed by atoms with Crippen molar-refractivity contribution in [3.05, 3.63) is 65.6 Å². The van der Waals surface area contributed by atoms with E-state index in [2.05, 4.69) is 41.6 Å². The number of aromatic amines is 1. The monoisotopic (exact) mass is 605 g/mol. The number of hydrogen-bond acceptors (Lipinski definition) is 9. The summed E-state index contributed by atoms with van der Waals surface area (Å²) in [5.74, 6) is -3.22. The van der Waals surface area contributed by atoms with Crippen LogP contribution in [0.15, 0.2) is 48.7 Å². The van der Waals surface area contributed by atoms with Gasteiger partial charge < -0.3 is 21.1 Å². The molecule has 232 valence electrons. The molecule has 0 bridgehead atoms. The first kappa shape index (κ1) is 31.7. The van der Waals surface area contributed by atoms with Crippen LogP contribution in [0.25, 0.3) is 0 Å². The number of carboxylic acid groups (broad SMARTS) is 1. The second-order valence-electron chi connectivity index (χ2n) is 10.5. The van der Waals surface area contributed by atoms with Crippen LogP contribution in [0.1, 0.15) is 50.1 Å². The maximum Gasteiger partial charge on any atom is 0.303 e. The van der Waals surface area contributed by atoms with Crippen LogP contribution >= 0.6 is 0 Å². The summed E-state index contributed by atoms with van der Waals surface area (Å²) in [6.07, 6.45) is 1.55. The van der Waals surface area contributed by atoms with Crippen LogP contribution in [-0.4, -0.2) is 78.4 Å². The third-order valence-electron chi connectivity index (χ3n) is 7.45. The summed E-state index contributed by atoms with van der Waals surface area (Å²) in [4.78, 5) is 70.9. The Morgan fingerprint density at radius 2 is 1.86 bits per heavy atom. The summed E-state index contributed by atoms with van der Waals surface area (Å²) in [7, 11) is 0. The first-order valence-corrected chi connectivity index (χ1v) is 14.3. The number of hydrogen-bond donors (Lipinski definition) is 5. The summed E-state index contributed by atoms with van der Waals surface area (Å²) in [6.45, 7) is 3.62. The molecule has 0 aliphatic carbocycles. The van der Waals surface area contributed by atoms with E-state index in [0.29, 0.717) is 12.0 Å². The highest BCUT2D eigenvalue weighted by atomic mass is 16.4. The van der Waals surface area contributed by atoms with Crippen molar-refractivity contribution >= 4 is 35.4 Å². The van der Waals surface area contributed by atoms with Crippen molar-refractivity contribution in [2.75, 3.05) is 4.90 Å². The minimum Gasteiger partial charge on any atom is -0.481 e. The highest BCUT2D eigenvalue weighted by Gasteiger charge is 2.42. The lowest BCUT2D eigenvalue weighted by Gasteiger charge is -2.30. The number of carbonyl (C=O) groups is 5. The van der Waals surface area contributed by atoms with Gasteiger partial charge in [-0.2, -0.15) is 5.21 Å². The quantitative estimate of drug-likeness (QED) is 0.169. The molecule has 15 heteroatoms. The number of benzene rings is 1. The molecule has 3 heterocycles. The van der Waals surface area contributed by atoms with Gasteiger partial charge in [-0.15, -0.1) is 10.2 Å². The lowest BCUT2D eigenvalue weighted by atomic mass is 9.97. The molecule has 3 aromatic rings. The zero-order valence-electron chi connectivity index (χ0n) is 24.4. The minimum atomic E-state index is -1.32. The number of carboxylic acids is 1. The number of nitrogens with one attached hydrogen (secondary N) is 4. The van der Waals surface area contributed by atoms with Crippen LogP contribution in [-0.2, 0) is 43.4 Å². The summed E-state index contributed by atoms with van der Waals surface area (Å²) < 4.78 is 0. The third-order valence-corrected chi connectivity index (χ3v) is 7.45. The van der Waals surface area contributed by atoms with E-state index in [9.17, 15) is 29.1 Å². The molecule has 0 spiro atoms. The predicted octanol–water partition coefficient (Wildman–Crippen LogP) is 0.292. The number of H-pyrrole nitrogens is 1. The van der Waals surface area contributed by atoms with Crippen molar-refractivity contribution in [3.63, 3.8) is 0 Å². The summed E-state index contributed by atoms with van der Waals surface area (Å²) in [5.41, 5.74) is 1.40. The van der Waals surface area contributed by atoms with E-state index in [4.69, 9.17) is 0 Å². The van der Waals surface area contributed by atoms with Gasteiger partial charge in [0.2, 0.25) is 17.7 Å². The molecule has 4 rings (SSSR count). The molecule has 1 aliphatic heterocycles. The number of aliphatic carboxylic acids is 1. The fraction of sp³-hybridized carbons (Fsp3) is 0.414. The zero-order chi connectivity index (χ0) is 31.6. The summed E-state index contributed by atoms with van der Waals surface area (Å²) in [5, 5.41) is 30.9. The first-order valence-electron chi connectivity index (χ1n) is 14.3. The molecule has 4 amide bonds. The fourth-order valence-corrected chi connectivity index (χ4v) is 4.93. The summed E-state index contributed by atoms with van der Waals surface area (Å²) >= 11 is 0. The Morgan fingerprint density at radius 1 is 1.09 bits per heavy atom. The van der Waals surface area contributed by atoms with Crippen LogP contribution in [0.2, 0.25) is 0 Å². The number of fused-ring (bicyclic) bond motifs is 1. The maximum atomic E-state index is 14.1. The molecule has 0 saturated carbocycles. The van der Waals surface area contributed by atoms with Gasteiger partial charge in [0.05, 0.1) is 13.0 Å². The molecule has 15 nitrogen and oxygen atoms in total. The minimum absolute atomic E-state index is 0.0456. The average molecular weight is 606 g/mol. The Morgan fingerprint density at radius 3 is 2.55 bits per heavy atom. The van der Waals surface area contributed by atoms with Crippen molar-refractivity contribution in [1.29, 1.82) is 0 Å². The lowest BCUT2D eigenvalue weighted by molar-refractivity contribution is -0.138. The van der Waals surface area contributed by atoms with Gasteiger partial charge in [-0.25, -0.2) is 4.98 Å². The average Bonchev–Trinajstić information content (AvgIpc) is 3.68. The maximum absolute atomic E-state index is 14.1. The molecule has 1 aliphatic rings. The van der Waals surface area contributed by atoms with E-state index in [-0.39, 0.29) is 49.3 Å². The number of aromatic nitrogens is 5. The molecule has 4 atom stereocenters. The van der Waals surface area contributed by atoms with Gasteiger partial charge in [0.1, 0.15) is 23.9 Å². The molecule has 44 heavy (non-hydrogen) atoms. The van der Waals surface area contributed by atoms with E-state index in [0.717, 1.165) is 5.56 Å². The lowest BCUT2D eigenvalue weighted by Crippen LogP contribution is -2.58. The second-order valence-corrected chi connectivity index (χ2v) is 10.5. The van der Waals surface area contributed by atoms with Gasteiger partial charge in [0.15, 0.2) is 5.82 Å². The Kier molecular flexibility index (Phi) is 10.7. The zero-order valence-corrected chi connectivity index (χ0v) is 24.4. The number of nitrogens with zero attached hydrogens (tertiary/aromatic N) is 5. The standard InChI is InChI=1S/C29H35N9O6/c1-3-17(2)25(33-23(39)14-18-8-5-4-6-9-18)28(43)32-20(11-12-24(40)41)29(44)38-21(15-19-10-7-13-30-26(19)38)27(42)31-16-22-34-36-37-35-22/h4-10,13,17,20-21,25H,3,11-12,14-16H2,1-2H3,(H,31,42)(H,32,43)(H,33,39)(H,40,41)(H,34,35,36,37)/t17-,20-,21-,25-/m0/s1. The molecule has 0 fully saturated rings. The highest BCUT2D eigenvalue weighted by molar-refractivity contribution is 6.06. The largest absolute Gasteiger partial charge is 0.481 e. The molecule has 5 N–H and O–H groups in total. The normalized spacial score (nSPS) is 15.9. The fourth-order valence-electron chi connectivity index (χ4n) is 4.93. The molecular formula is C29H35N9O6. The van der Waals surface area contributed by atoms with Crippen molar-refractivity contribution in [1.82, 2.24) is 41.6 Å². The van der Waals surface area contributed by atoms with E-state index < -0.39 is 48.2 Å². The van der Waals surface area contributed by atoms with Gasteiger partial charge in [-0.3, -0.25) is 28.9 Å². The number of pyridine rings is 1. The van der Waals surface area contributed by atoms with Crippen LogP contribution in [0.5, 0.6) is 0 Å². The first-order chi connectivity index (χ1) is 21.2. The Labute approximate surface area is 253 Å². The van der Waals surface area contributed by atoms with E-state index in [1.54, 1.807) is 31.2 Å². The van der Waals surface area contributed by atoms with Crippen molar-refractivity contribution in [3.8, 4) is 0 Å². The molecule has 2 aromatic heterocycles. The molecular weight excluding hydrogens is 570 g/mol. The topological polar surface area (TPSA) is 212 Å². The van der Waals surface area contributed by atoms with E-state index in [1.807, 2.05) is 25.1 Å². The van der Waals surface area contributed by atoms with Crippen LogP contribution in [0, 0.1) is 5.92 Å². The summed E-state index contributed by atoms with van der Waals surface area (Å²) in [6, 6.07) is 9.13. The van der Waals surface area contributed by atoms with E-state index in [1.165, 1.54) is 11.1 Å². The molecule has 0 saturated heterocycles. The number of rotatable bonds is 14. The molecule has 0 unspecified atom stereocenters. The second kappa shape index (κ2) is 14.8. The van der Waals surface area contributed by atoms with Gasteiger partial charge in [-0.05, 0) is 29.5 Å². The number of amides is 4. The van der Waals surface area contributed by atoms with Crippen molar-refractivity contribution in [2.45, 2.75) is 70.6 Å². The van der Waals surface area contributed by atoms with Crippen LogP contribution < -0.4 is 20.9 Å². The van der Waals surface area contributed by atoms with Gasteiger partial charge in [0.25, 0.3) is 5.91 Å². The smallest absolute Gasteiger partial charge is 0.303 e. The van der Waals surface area contributed by atoms with Crippen LogP contribution in [0.3, 0.4) is 0 Å². The van der Waals surface area contributed by atoms with Crippen LogP contribution in [0.4, 0.5) is 5.82 Å². The van der Waals surface area contributed by atoms with Gasteiger partial charge >= 0.3 is 5.97 Å².